The van der Waals surface area contributed by atoms with Crippen molar-refractivity contribution >= 4 is 23.2 Å². The molecule has 0 spiro atoms. The molecule has 0 aliphatic heterocycles. The summed E-state index contributed by atoms with van der Waals surface area (Å²) in [5.74, 6) is 0.633. The predicted octanol–water partition coefficient (Wildman–Crippen LogP) is 4.74. The minimum absolute atomic E-state index is 0.135. The van der Waals surface area contributed by atoms with Crippen LogP contribution in [0.2, 0.25) is 5.02 Å². The number of aromatic nitrogens is 2. The van der Waals surface area contributed by atoms with Gasteiger partial charge in [0.15, 0.2) is 12.4 Å². The number of rotatable bonds is 5. The average Bonchev–Trinajstić information content (AvgIpc) is 2.63. The molecule has 6 heteroatoms. The number of halogens is 1. The zero-order chi connectivity index (χ0) is 19.4. The van der Waals surface area contributed by atoms with Gasteiger partial charge in [-0.05, 0) is 62.2 Å². The van der Waals surface area contributed by atoms with Gasteiger partial charge in [0.2, 0.25) is 5.88 Å². The molecule has 0 saturated carbocycles. The highest BCUT2D eigenvalue weighted by atomic mass is 35.5. The monoisotopic (exact) mass is 381 g/mol. The lowest BCUT2D eigenvalue weighted by Gasteiger charge is -2.11. The van der Waals surface area contributed by atoms with E-state index >= 15 is 0 Å². The largest absolute Gasteiger partial charge is 0.467 e. The molecule has 1 amide bonds. The molecule has 5 nitrogen and oxygen atoms in total. The Morgan fingerprint density at radius 3 is 2.52 bits per heavy atom. The van der Waals surface area contributed by atoms with E-state index in [-0.39, 0.29) is 12.5 Å². The Morgan fingerprint density at radius 1 is 1.04 bits per heavy atom. The number of nitrogens with one attached hydrogen (secondary N) is 1. The molecule has 1 heterocycles. The number of aryl methyl sites for hydroxylation is 3. The van der Waals surface area contributed by atoms with Crippen LogP contribution in [0.3, 0.4) is 0 Å². The van der Waals surface area contributed by atoms with Crippen LogP contribution in [0.4, 0.5) is 5.69 Å². The summed E-state index contributed by atoms with van der Waals surface area (Å²) < 4.78 is 5.59. The van der Waals surface area contributed by atoms with E-state index in [1.807, 2.05) is 51.1 Å². The van der Waals surface area contributed by atoms with Crippen molar-refractivity contribution in [1.29, 1.82) is 0 Å². The number of anilines is 1. The van der Waals surface area contributed by atoms with Gasteiger partial charge in [0, 0.05) is 28.0 Å². The van der Waals surface area contributed by atoms with E-state index in [0.717, 1.165) is 28.1 Å². The highest BCUT2D eigenvalue weighted by Gasteiger charge is 2.10. The van der Waals surface area contributed by atoms with Gasteiger partial charge >= 0.3 is 0 Å². The summed E-state index contributed by atoms with van der Waals surface area (Å²) in [6.45, 7) is 5.64. The average molecular weight is 382 g/mol. The molecule has 1 N–H and O–H groups in total. The van der Waals surface area contributed by atoms with E-state index in [1.54, 1.807) is 18.2 Å². The van der Waals surface area contributed by atoms with Crippen LogP contribution in [0, 0.1) is 20.8 Å². The molecular formula is C21H20ClN3O2. The summed E-state index contributed by atoms with van der Waals surface area (Å²) in [5.41, 5.74) is 4.43. The Balaban J connectivity index is 1.69. The lowest BCUT2D eigenvalue weighted by Crippen LogP contribution is -2.21. The third-order valence-corrected chi connectivity index (χ3v) is 4.20. The van der Waals surface area contributed by atoms with Crippen molar-refractivity contribution in [3.63, 3.8) is 0 Å². The molecule has 0 fully saturated rings. The van der Waals surface area contributed by atoms with Gasteiger partial charge in [-0.25, -0.2) is 4.98 Å². The molecule has 0 aliphatic carbocycles. The van der Waals surface area contributed by atoms with Crippen LogP contribution >= 0.6 is 11.6 Å². The quantitative estimate of drug-likeness (QED) is 0.693. The van der Waals surface area contributed by atoms with Crippen LogP contribution in [-0.2, 0) is 4.79 Å². The van der Waals surface area contributed by atoms with E-state index in [1.165, 1.54) is 0 Å². The number of hydrogen-bond acceptors (Lipinski definition) is 4. The summed E-state index contributed by atoms with van der Waals surface area (Å²) in [7, 11) is 0. The van der Waals surface area contributed by atoms with E-state index in [0.29, 0.717) is 16.7 Å². The molecule has 0 atom stereocenters. The Labute approximate surface area is 163 Å². The molecule has 3 aromatic rings. The van der Waals surface area contributed by atoms with Gasteiger partial charge in [-0.1, -0.05) is 23.7 Å². The van der Waals surface area contributed by atoms with E-state index < -0.39 is 0 Å². The van der Waals surface area contributed by atoms with Crippen LogP contribution in [0.25, 0.3) is 11.4 Å². The third kappa shape index (κ3) is 5.05. The van der Waals surface area contributed by atoms with Crippen LogP contribution in [0.15, 0.2) is 48.5 Å². The van der Waals surface area contributed by atoms with Gasteiger partial charge in [0.1, 0.15) is 0 Å². The number of benzene rings is 2. The lowest BCUT2D eigenvalue weighted by atomic mass is 10.1. The first-order chi connectivity index (χ1) is 12.9. The number of carbonyl (C=O) groups is 1. The predicted molar refractivity (Wildman–Crippen MR) is 107 cm³/mol. The Kier molecular flexibility index (Phi) is 5.72. The van der Waals surface area contributed by atoms with Gasteiger partial charge in [-0.2, -0.15) is 4.98 Å². The first-order valence-electron chi connectivity index (χ1n) is 8.52. The second kappa shape index (κ2) is 8.18. The third-order valence-electron chi connectivity index (χ3n) is 3.95. The van der Waals surface area contributed by atoms with Crippen LogP contribution in [0.5, 0.6) is 5.88 Å². The van der Waals surface area contributed by atoms with Crippen molar-refractivity contribution in [3.8, 4) is 17.3 Å². The zero-order valence-corrected chi connectivity index (χ0v) is 16.2. The summed E-state index contributed by atoms with van der Waals surface area (Å²) in [5, 5.41) is 3.51. The van der Waals surface area contributed by atoms with E-state index in [4.69, 9.17) is 16.3 Å². The number of carbonyl (C=O) groups excluding carboxylic acids is 1. The fraction of sp³-hybridized carbons (Fsp3) is 0.190. The minimum atomic E-state index is -0.243. The smallest absolute Gasteiger partial charge is 0.262 e. The molecule has 3 rings (SSSR count). The molecule has 138 valence electrons. The maximum Gasteiger partial charge on any atom is 0.262 e. The van der Waals surface area contributed by atoms with Gasteiger partial charge in [-0.15, -0.1) is 0 Å². The zero-order valence-electron chi connectivity index (χ0n) is 15.4. The standard InChI is InChI=1S/C21H20ClN3O2/c1-13-4-5-14(2)18(10-13)24-19(26)12-27-20-11-15(3)23-21(25-20)16-6-8-17(22)9-7-16/h4-11H,12H2,1-3H3,(H,24,26). The molecular weight excluding hydrogens is 362 g/mol. The van der Waals surface area contributed by atoms with Gasteiger partial charge in [0.25, 0.3) is 5.91 Å². The highest BCUT2D eigenvalue weighted by Crippen LogP contribution is 2.21. The first kappa shape index (κ1) is 18.9. The van der Waals surface area contributed by atoms with Crippen molar-refractivity contribution in [2.24, 2.45) is 0 Å². The molecule has 0 saturated heterocycles. The molecule has 0 aliphatic rings. The van der Waals surface area contributed by atoms with Crippen molar-refractivity contribution in [2.75, 3.05) is 11.9 Å². The van der Waals surface area contributed by atoms with Crippen molar-refractivity contribution in [3.05, 3.63) is 70.4 Å². The maximum absolute atomic E-state index is 12.2. The number of nitrogens with zero attached hydrogens (tertiary/aromatic N) is 2. The lowest BCUT2D eigenvalue weighted by molar-refractivity contribution is -0.118. The molecule has 2 aromatic carbocycles. The Bertz CT molecular complexity index is 972. The van der Waals surface area contributed by atoms with Crippen molar-refractivity contribution < 1.29 is 9.53 Å². The number of ether oxygens (including phenoxy) is 1. The van der Waals surface area contributed by atoms with Gasteiger partial charge in [-0.3, -0.25) is 4.79 Å². The van der Waals surface area contributed by atoms with Gasteiger partial charge < -0.3 is 10.1 Å². The Morgan fingerprint density at radius 2 is 1.78 bits per heavy atom. The fourth-order valence-electron chi connectivity index (χ4n) is 2.54. The molecule has 0 radical (unpaired) electrons. The van der Waals surface area contributed by atoms with E-state index in [2.05, 4.69) is 15.3 Å². The summed E-state index contributed by atoms with van der Waals surface area (Å²) in [6, 6.07) is 14.8. The fourth-order valence-corrected chi connectivity index (χ4v) is 2.66. The minimum Gasteiger partial charge on any atom is -0.467 e. The van der Waals surface area contributed by atoms with Crippen LogP contribution in [-0.4, -0.2) is 22.5 Å². The topological polar surface area (TPSA) is 64.1 Å². The molecule has 1 aromatic heterocycles. The summed E-state index contributed by atoms with van der Waals surface area (Å²) in [4.78, 5) is 21.0. The van der Waals surface area contributed by atoms with Crippen molar-refractivity contribution in [1.82, 2.24) is 9.97 Å². The highest BCUT2D eigenvalue weighted by molar-refractivity contribution is 6.30. The Hall–Kier alpha value is -2.92. The molecule has 0 bridgehead atoms. The van der Waals surface area contributed by atoms with Crippen molar-refractivity contribution in [2.45, 2.75) is 20.8 Å². The molecule has 27 heavy (non-hydrogen) atoms. The summed E-state index contributed by atoms with van der Waals surface area (Å²) in [6.07, 6.45) is 0. The SMILES string of the molecule is Cc1ccc(C)c(NC(=O)COc2cc(C)nc(-c3ccc(Cl)cc3)n2)c1. The molecule has 0 unspecified atom stereocenters. The second-order valence-corrected chi connectivity index (χ2v) is 6.77. The number of amides is 1. The van der Waals surface area contributed by atoms with Crippen LogP contribution in [0.1, 0.15) is 16.8 Å². The normalized spacial score (nSPS) is 10.5. The maximum atomic E-state index is 12.2. The first-order valence-corrected chi connectivity index (χ1v) is 8.90. The van der Waals surface area contributed by atoms with E-state index in [9.17, 15) is 4.79 Å². The van der Waals surface area contributed by atoms with Gasteiger partial charge in [0.05, 0.1) is 0 Å². The second-order valence-electron chi connectivity index (χ2n) is 6.33. The van der Waals surface area contributed by atoms with Crippen LogP contribution < -0.4 is 10.1 Å². The number of hydrogen-bond donors (Lipinski definition) is 1. The summed E-state index contributed by atoms with van der Waals surface area (Å²) >= 11 is 5.92.